The van der Waals surface area contributed by atoms with Gasteiger partial charge in [-0.25, -0.2) is 8.42 Å². The zero-order chi connectivity index (χ0) is 28.7. The molecule has 3 rings (SSSR count). The molecule has 39 heavy (non-hydrogen) atoms. The molecule has 0 saturated heterocycles. The largest absolute Gasteiger partial charge is 0.497 e. The number of halogens is 2. The Balaban J connectivity index is 2.06. The lowest BCUT2D eigenvalue weighted by Gasteiger charge is -2.32. The molecule has 0 aliphatic carbocycles. The van der Waals surface area contributed by atoms with Gasteiger partial charge in [0.2, 0.25) is 11.8 Å². The number of nitrogens with one attached hydrogen (secondary N) is 1. The highest BCUT2D eigenvalue weighted by atomic mass is 35.5. The number of hydrogen-bond donors (Lipinski definition) is 1. The molecule has 1 atom stereocenters. The normalized spacial score (nSPS) is 12.1. The lowest BCUT2D eigenvalue weighted by atomic mass is 10.1. The summed E-state index contributed by atoms with van der Waals surface area (Å²) in [6.45, 7) is 4.50. The van der Waals surface area contributed by atoms with Gasteiger partial charge in [-0.05, 0) is 69.3 Å². The van der Waals surface area contributed by atoms with Crippen LogP contribution in [0.3, 0.4) is 0 Å². The number of methoxy groups -OCH3 is 1. The van der Waals surface area contributed by atoms with Gasteiger partial charge in [0.25, 0.3) is 10.0 Å². The Morgan fingerprint density at radius 2 is 1.49 bits per heavy atom. The quantitative estimate of drug-likeness (QED) is 0.333. The Hall–Kier alpha value is -3.27. The van der Waals surface area contributed by atoms with Crippen molar-refractivity contribution in [1.29, 1.82) is 0 Å². The Bertz CT molecular complexity index is 1380. The number of rotatable bonds is 11. The lowest BCUT2D eigenvalue weighted by Crippen LogP contribution is -2.52. The number of carbonyl (C=O) groups excluding carboxylic acids is 2. The molecule has 0 aliphatic heterocycles. The van der Waals surface area contributed by atoms with Crippen LogP contribution in [0.2, 0.25) is 10.0 Å². The average molecular weight is 593 g/mol. The molecule has 0 spiro atoms. The lowest BCUT2D eigenvalue weighted by molar-refractivity contribution is -0.139. The number of hydrogen-bond acceptors (Lipinski definition) is 5. The molecule has 3 aromatic rings. The summed E-state index contributed by atoms with van der Waals surface area (Å²) in [5, 5.41) is 3.44. The Morgan fingerprint density at radius 1 is 0.897 bits per heavy atom. The Labute approximate surface area is 239 Å². The van der Waals surface area contributed by atoms with Crippen molar-refractivity contribution >= 4 is 50.7 Å². The predicted molar refractivity (Wildman–Crippen MR) is 154 cm³/mol. The maximum absolute atomic E-state index is 13.9. The summed E-state index contributed by atoms with van der Waals surface area (Å²) in [5.41, 5.74) is 0.698. The molecule has 0 aromatic heterocycles. The van der Waals surface area contributed by atoms with Gasteiger partial charge in [0, 0.05) is 28.2 Å². The summed E-state index contributed by atoms with van der Waals surface area (Å²) in [6, 6.07) is 17.9. The molecule has 208 valence electrons. The summed E-state index contributed by atoms with van der Waals surface area (Å²) in [4.78, 5) is 28.2. The van der Waals surface area contributed by atoms with E-state index in [1.807, 2.05) is 0 Å². The van der Waals surface area contributed by atoms with Gasteiger partial charge in [0.15, 0.2) is 0 Å². The molecule has 11 heteroatoms. The zero-order valence-electron chi connectivity index (χ0n) is 22.1. The number of ether oxygens (including phenoxy) is 1. The minimum absolute atomic E-state index is 0.0138. The maximum Gasteiger partial charge on any atom is 0.264 e. The van der Waals surface area contributed by atoms with Crippen molar-refractivity contribution in [2.24, 2.45) is 0 Å². The molecule has 2 amide bonds. The molecule has 0 bridgehead atoms. The smallest absolute Gasteiger partial charge is 0.264 e. The number of carbonyl (C=O) groups is 2. The van der Waals surface area contributed by atoms with Gasteiger partial charge in [0.1, 0.15) is 18.3 Å². The fraction of sp³-hybridized carbons (Fsp3) is 0.286. The van der Waals surface area contributed by atoms with Crippen LogP contribution in [-0.4, -0.2) is 50.9 Å². The van der Waals surface area contributed by atoms with Gasteiger partial charge in [-0.1, -0.05) is 47.5 Å². The molecule has 1 unspecified atom stereocenters. The third-order valence-electron chi connectivity index (χ3n) is 5.96. The number of amides is 2. The van der Waals surface area contributed by atoms with E-state index in [1.54, 1.807) is 81.4 Å². The van der Waals surface area contributed by atoms with Gasteiger partial charge in [0.05, 0.1) is 17.7 Å². The van der Waals surface area contributed by atoms with E-state index in [4.69, 9.17) is 27.9 Å². The van der Waals surface area contributed by atoms with E-state index in [2.05, 4.69) is 5.32 Å². The van der Waals surface area contributed by atoms with Crippen molar-refractivity contribution in [3.63, 3.8) is 0 Å². The van der Waals surface area contributed by atoms with Crippen molar-refractivity contribution < 1.29 is 22.7 Å². The first-order valence-corrected chi connectivity index (χ1v) is 14.4. The second-order valence-electron chi connectivity index (χ2n) is 9.08. The first kappa shape index (κ1) is 30.3. The first-order valence-electron chi connectivity index (χ1n) is 12.2. The molecule has 0 fully saturated rings. The maximum atomic E-state index is 13.9. The molecule has 3 aromatic carbocycles. The van der Waals surface area contributed by atoms with Gasteiger partial charge in [-0.15, -0.1) is 0 Å². The standard InChI is InChI=1S/C28H31Cl2N3O5S/c1-19(2)31-28(35)20(3)32(17-24-25(29)11-8-12-26(24)30)27(34)18-33(21-13-15-22(38-4)16-14-21)39(36,37)23-9-6-5-7-10-23/h5-16,19-20H,17-18H2,1-4H3,(H,31,35). The molecule has 8 nitrogen and oxygen atoms in total. The van der Waals surface area contributed by atoms with Crippen LogP contribution in [-0.2, 0) is 26.2 Å². The van der Waals surface area contributed by atoms with Crippen molar-refractivity contribution in [1.82, 2.24) is 10.2 Å². The van der Waals surface area contributed by atoms with Crippen LogP contribution in [0.5, 0.6) is 5.75 Å². The zero-order valence-corrected chi connectivity index (χ0v) is 24.4. The monoisotopic (exact) mass is 591 g/mol. The number of nitrogens with zero attached hydrogens (tertiary/aromatic N) is 2. The van der Waals surface area contributed by atoms with E-state index in [0.29, 0.717) is 21.4 Å². The third kappa shape index (κ3) is 7.44. The highest BCUT2D eigenvalue weighted by Gasteiger charge is 2.33. The van der Waals surface area contributed by atoms with E-state index in [1.165, 1.54) is 24.1 Å². The van der Waals surface area contributed by atoms with Crippen molar-refractivity contribution in [3.05, 3.63) is 88.4 Å². The summed E-state index contributed by atoms with van der Waals surface area (Å²) in [5.74, 6) is -0.493. The minimum Gasteiger partial charge on any atom is -0.497 e. The third-order valence-corrected chi connectivity index (χ3v) is 8.46. The molecule has 0 saturated carbocycles. The van der Waals surface area contributed by atoms with Crippen molar-refractivity contribution in [3.8, 4) is 5.75 Å². The summed E-state index contributed by atoms with van der Waals surface area (Å²) in [7, 11) is -2.67. The topological polar surface area (TPSA) is 96.0 Å². The number of benzene rings is 3. The van der Waals surface area contributed by atoms with E-state index >= 15 is 0 Å². The van der Waals surface area contributed by atoms with Gasteiger partial charge in [-0.3, -0.25) is 13.9 Å². The number of sulfonamides is 1. The first-order chi connectivity index (χ1) is 18.4. The predicted octanol–water partition coefficient (Wildman–Crippen LogP) is 5.14. The Kier molecular flexibility index (Phi) is 10.2. The van der Waals surface area contributed by atoms with Crippen LogP contribution < -0.4 is 14.4 Å². The van der Waals surface area contributed by atoms with Crippen LogP contribution >= 0.6 is 23.2 Å². The summed E-state index contributed by atoms with van der Waals surface area (Å²) in [6.07, 6.45) is 0. The van der Waals surface area contributed by atoms with Crippen LogP contribution in [0.4, 0.5) is 5.69 Å². The second-order valence-corrected chi connectivity index (χ2v) is 11.8. The van der Waals surface area contributed by atoms with Crippen LogP contribution in [0, 0.1) is 0 Å². The average Bonchev–Trinajstić information content (AvgIpc) is 2.91. The van der Waals surface area contributed by atoms with Crippen LogP contribution in [0.25, 0.3) is 0 Å². The second kappa shape index (κ2) is 13.2. The van der Waals surface area contributed by atoms with Gasteiger partial charge in [-0.2, -0.15) is 0 Å². The van der Waals surface area contributed by atoms with E-state index in [9.17, 15) is 18.0 Å². The van der Waals surface area contributed by atoms with Gasteiger partial charge < -0.3 is 15.0 Å². The van der Waals surface area contributed by atoms with Gasteiger partial charge >= 0.3 is 0 Å². The van der Waals surface area contributed by atoms with Crippen LogP contribution in [0.1, 0.15) is 26.3 Å². The summed E-state index contributed by atoms with van der Waals surface area (Å²) < 4.78 is 33.7. The van der Waals surface area contributed by atoms with E-state index in [-0.39, 0.29) is 23.2 Å². The minimum atomic E-state index is -4.16. The Morgan fingerprint density at radius 3 is 2.03 bits per heavy atom. The number of anilines is 1. The van der Waals surface area contributed by atoms with E-state index < -0.39 is 34.4 Å². The molecular weight excluding hydrogens is 561 g/mol. The van der Waals surface area contributed by atoms with Crippen molar-refractivity contribution in [2.75, 3.05) is 18.0 Å². The highest BCUT2D eigenvalue weighted by Crippen LogP contribution is 2.29. The molecule has 0 aliphatic rings. The fourth-order valence-corrected chi connectivity index (χ4v) is 5.79. The van der Waals surface area contributed by atoms with Crippen molar-refractivity contribution in [2.45, 2.75) is 44.3 Å². The van der Waals surface area contributed by atoms with Crippen LogP contribution in [0.15, 0.2) is 77.7 Å². The molecule has 1 N–H and O–H groups in total. The summed E-state index contributed by atoms with van der Waals surface area (Å²) >= 11 is 12.8. The fourth-order valence-electron chi connectivity index (χ4n) is 3.84. The molecule has 0 radical (unpaired) electrons. The van der Waals surface area contributed by atoms with E-state index in [0.717, 1.165) is 4.31 Å². The highest BCUT2D eigenvalue weighted by molar-refractivity contribution is 7.92. The molecular formula is C28H31Cl2N3O5S. The SMILES string of the molecule is COc1ccc(N(CC(=O)N(Cc2c(Cl)cccc2Cl)C(C)C(=O)NC(C)C)S(=O)(=O)c2ccccc2)cc1. The molecule has 0 heterocycles.